The highest BCUT2D eigenvalue weighted by Crippen LogP contribution is 2.24. The number of urea groups is 1. The largest absolute Gasteiger partial charge is 0.490 e. The third kappa shape index (κ3) is 4.13. The summed E-state index contributed by atoms with van der Waals surface area (Å²) in [5.41, 5.74) is 6.15. The lowest BCUT2D eigenvalue weighted by atomic mass is 10.2. The Kier molecular flexibility index (Phi) is 5.68. The molecule has 1 saturated heterocycles. The van der Waals surface area contributed by atoms with E-state index in [1.165, 1.54) is 12.8 Å². The van der Waals surface area contributed by atoms with Crippen LogP contribution in [0.1, 0.15) is 25.7 Å². The lowest BCUT2D eigenvalue weighted by Crippen LogP contribution is -2.35. The average molecular weight is 277 g/mol. The van der Waals surface area contributed by atoms with Crippen LogP contribution in [0.15, 0.2) is 24.3 Å². The quantitative estimate of drug-likeness (QED) is 0.888. The molecular weight excluding hydrogens is 254 g/mol. The summed E-state index contributed by atoms with van der Waals surface area (Å²) in [6.45, 7) is 2.56. The minimum Gasteiger partial charge on any atom is -0.490 e. The summed E-state index contributed by atoms with van der Waals surface area (Å²) in [7, 11) is 0. The van der Waals surface area contributed by atoms with Crippen molar-refractivity contribution >= 4 is 11.7 Å². The Labute approximate surface area is 120 Å². The van der Waals surface area contributed by atoms with Crippen LogP contribution >= 0.6 is 0 Å². The Balaban J connectivity index is 1.99. The van der Waals surface area contributed by atoms with Crippen LogP contribution in [0.25, 0.3) is 0 Å². The van der Waals surface area contributed by atoms with Crippen LogP contribution < -0.4 is 15.8 Å². The molecule has 20 heavy (non-hydrogen) atoms. The molecule has 110 valence electrons. The summed E-state index contributed by atoms with van der Waals surface area (Å²) >= 11 is 0. The molecule has 1 fully saturated rings. The maximum atomic E-state index is 12.3. The molecule has 1 aliphatic heterocycles. The zero-order valence-electron chi connectivity index (χ0n) is 11.8. The number of para-hydroxylation sites is 2. The molecule has 2 amide bonds. The van der Waals surface area contributed by atoms with Crippen molar-refractivity contribution in [3.63, 3.8) is 0 Å². The molecule has 0 aliphatic carbocycles. The number of likely N-dealkylation sites (tertiary alicyclic amines) is 1. The first-order chi connectivity index (χ1) is 9.81. The van der Waals surface area contributed by atoms with Gasteiger partial charge in [-0.15, -0.1) is 0 Å². The molecule has 5 heteroatoms. The fourth-order valence-corrected chi connectivity index (χ4v) is 2.33. The minimum absolute atomic E-state index is 0.0456. The first-order valence-corrected chi connectivity index (χ1v) is 7.29. The smallest absolute Gasteiger partial charge is 0.321 e. The number of carbonyl (C=O) groups excluding carboxylic acids is 1. The number of hydrogen-bond donors (Lipinski definition) is 2. The third-order valence-electron chi connectivity index (χ3n) is 3.40. The van der Waals surface area contributed by atoms with E-state index >= 15 is 0 Å². The molecule has 0 spiro atoms. The van der Waals surface area contributed by atoms with Crippen molar-refractivity contribution < 1.29 is 9.53 Å². The summed E-state index contributed by atoms with van der Waals surface area (Å²) in [6, 6.07) is 7.41. The van der Waals surface area contributed by atoms with Crippen LogP contribution in [0.3, 0.4) is 0 Å². The van der Waals surface area contributed by atoms with Crippen LogP contribution in [-0.4, -0.2) is 37.2 Å². The minimum atomic E-state index is -0.0456. The van der Waals surface area contributed by atoms with Crippen LogP contribution in [0.5, 0.6) is 5.75 Å². The Morgan fingerprint density at radius 1 is 1.20 bits per heavy atom. The molecule has 1 heterocycles. The Morgan fingerprint density at radius 3 is 2.60 bits per heavy atom. The summed E-state index contributed by atoms with van der Waals surface area (Å²) in [4.78, 5) is 14.2. The molecule has 0 aromatic heterocycles. The van der Waals surface area contributed by atoms with E-state index in [0.717, 1.165) is 25.9 Å². The van der Waals surface area contributed by atoms with Gasteiger partial charge >= 0.3 is 6.03 Å². The maximum absolute atomic E-state index is 12.3. The molecular formula is C15H23N3O2. The number of amides is 2. The van der Waals surface area contributed by atoms with Gasteiger partial charge in [-0.2, -0.15) is 0 Å². The molecule has 2 rings (SSSR count). The highest BCUT2D eigenvalue weighted by molar-refractivity contribution is 5.91. The van der Waals surface area contributed by atoms with E-state index in [2.05, 4.69) is 5.32 Å². The van der Waals surface area contributed by atoms with Gasteiger partial charge in [0.05, 0.1) is 5.69 Å². The lowest BCUT2D eigenvalue weighted by Gasteiger charge is -2.21. The van der Waals surface area contributed by atoms with Crippen molar-refractivity contribution in [2.24, 2.45) is 5.73 Å². The van der Waals surface area contributed by atoms with Crippen LogP contribution in [0.2, 0.25) is 0 Å². The van der Waals surface area contributed by atoms with Gasteiger partial charge in [0.15, 0.2) is 0 Å². The molecule has 0 unspecified atom stereocenters. The van der Waals surface area contributed by atoms with Gasteiger partial charge in [0, 0.05) is 19.6 Å². The van der Waals surface area contributed by atoms with Gasteiger partial charge in [-0.25, -0.2) is 4.79 Å². The second-order valence-corrected chi connectivity index (χ2v) is 4.96. The molecule has 1 aromatic carbocycles. The zero-order valence-corrected chi connectivity index (χ0v) is 11.8. The summed E-state index contributed by atoms with van der Waals surface area (Å²) in [5, 5.41) is 2.94. The van der Waals surface area contributed by atoms with Crippen molar-refractivity contribution in [1.29, 1.82) is 0 Å². The van der Waals surface area contributed by atoms with Gasteiger partial charge in [-0.3, -0.25) is 0 Å². The second kappa shape index (κ2) is 7.75. The number of rotatable bonds is 4. The predicted octanol–water partition coefficient (Wildman–Crippen LogP) is 2.43. The number of nitrogens with one attached hydrogen (secondary N) is 1. The van der Waals surface area contributed by atoms with Crippen LogP contribution in [0, 0.1) is 0 Å². The molecule has 0 atom stereocenters. The van der Waals surface area contributed by atoms with E-state index in [9.17, 15) is 4.79 Å². The van der Waals surface area contributed by atoms with Gasteiger partial charge in [-0.1, -0.05) is 25.0 Å². The normalized spacial score (nSPS) is 15.6. The van der Waals surface area contributed by atoms with Gasteiger partial charge < -0.3 is 20.7 Å². The van der Waals surface area contributed by atoms with Crippen LogP contribution in [0.4, 0.5) is 10.5 Å². The summed E-state index contributed by atoms with van der Waals surface area (Å²) in [6.07, 6.45) is 4.58. The van der Waals surface area contributed by atoms with Gasteiger partial charge in [0.1, 0.15) is 12.4 Å². The first-order valence-electron chi connectivity index (χ1n) is 7.29. The van der Waals surface area contributed by atoms with E-state index in [0.29, 0.717) is 24.6 Å². The van der Waals surface area contributed by atoms with Crippen molar-refractivity contribution in [3.05, 3.63) is 24.3 Å². The first kappa shape index (κ1) is 14.7. The lowest BCUT2D eigenvalue weighted by molar-refractivity contribution is 0.213. The summed E-state index contributed by atoms with van der Waals surface area (Å²) < 4.78 is 5.54. The summed E-state index contributed by atoms with van der Waals surface area (Å²) in [5.74, 6) is 0.668. The molecule has 5 nitrogen and oxygen atoms in total. The number of carbonyl (C=O) groups is 1. The van der Waals surface area contributed by atoms with Crippen molar-refractivity contribution in [1.82, 2.24) is 4.90 Å². The van der Waals surface area contributed by atoms with E-state index in [1.807, 2.05) is 29.2 Å². The topological polar surface area (TPSA) is 67.6 Å². The fraction of sp³-hybridized carbons (Fsp3) is 0.533. The Hall–Kier alpha value is -1.75. The monoisotopic (exact) mass is 277 g/mol. The Bertz CT molecular complexity index is 429. The highest BCUT2D eigenvalue weighted by atomic mass is 16.5. The highest BCUT2D eigenvalue weighted by Gasteiger charge is 2.16. The fourth-order valence-electron chi connectivity index (χ4n) is 2.33. The molecule has 0 saturated carbocycles. The zero-order chi connectivity index (χ0) is 14.2. The van der Waals surface area contributed by atoms with Crippen molar-refractivity contribution in [3.8, 4) is 5.75 Å². The average Bonchev–Trinajstić information content (AvgIpc) is 2.75. The molecule has 0 bridgehead atoms. The number of nitrogens with two attached hydrogens (primary N) is 1. The molecule has 0 radical (unpaired) electrons. The number of ether oxygens (including phenoxy) is 1. The molecule has 1 aliphatic rings. The second-order valence-electron chi connectivity index (χ2n) is 4.96. The van der Waals surface area contributed by atoms with E-state index in [-0.39, 0.29) is 6.03 Å². The van der Waals surface area contributed by atoms with Gasteiger partial charge in [-0.05, 0) is 25.0 Å². The number of anilines is 1. The number of hydrogen-bond acceptors (Lipinski definition) is 3. The van der Waals surface area contributed by atoms with Gasteiger partial charge in [0.2, 0.25) is 0 Å². The standard InChI is InChI=1S/C15H23N3O2/c16-9-12-20-14-8-4-3-7-13(14)17-15(19)18-10-5-1-2-6-11-18/h3-4,7-8H,1-2,5-6,9-12,16H2,(H,17,19). The third-order valence-corrected chi connectivity index (χ3v) is 3.40. The Morgan fingerprint density at radius 2 is 1.90 bits per heavy atom. The van der Waals surface area contributed by atoms with E-state index in [4.69, 9.17) is 10.5 Å². The molecule has 3 N–H and O–H groups in total. The van der Waals surface area contributed by atoms with E-state index in [1.54, 1.807) is 0 Å². The van der Waals surface area contributed by atoms with Crippen LogP contribution in [-0.2, 0) is 0 Å². The van der Waals surface area contributed by atoms with Gasteiger partial charge in [0.25, 0.3) is 0 Å². The maximum Gasteiger partial charge on any atom is 0.321 e. The predicted molar refractivity (Wildman–Crippen MR) is 80.1 cm³/mol. The number of nitrogens with zero attached hydrogens (tertiary/aromatic N) is 1. The molecule has 1 aromatic rings. The van der Waals surface area contributed by atoms with E-state index < -0.39 is 0 Å². The van der Waals surface area contributed by atoms with Crippen molar-refractivity contribution in [2.75, 3.05) is 31.6 Å². The number of benzene rings is 1. The van der Waals surface area contributed by atoms with Crippen molar-refractivity contribution in [2.45, 2.75) is 25.7 Å². The SMILES string of the molecule is NCCOc1ccccc1NC(=O)N1CCCCCC1.